The number of carbonyl (C=O) groups excluding carboxylic acids is 1. The largest absolute Gasteiger partial charge is 0.353 e. The Morgan fingerprint density at radius 1 is 0.919 bits per heavy atom. The average Bonchev–Trinajstić information content (AvgIpc) is 3.55. The number of hydrogen-bond donors (Lipinski definition) is 3. The van der Waals surface area contributed by atoms with E-state index >= 15 is 0 Å². The van der Waals surface area contributed by atoms with Gasteiger partial charge in [0.25, 0.3) is 0 Å². The zero-order chi connectivity index (χ0) is 24.9. The Kier molecular flexibility index (Phi) is 4.85. The molecular formula is C29H21FN6O. The number of anilines is 1. The number of aromatic nitrogens is 5. The number of nitrogens with zero attached hydrogens (tertiary/aromatic N) is 3. The van der Waals surface area contributed by atoms with E-state index in [4.69, 9.17) is 0 Å². The molecular weight excluding hydrogens is 467 g/mol. The molecule has 7 rings (SSSR count). The third-order valence-electron chi connectivity index (χ3n) is 6.79. The Hall–Kier alpha value is -4.85. The maximum absolute atomic E-state index is 14.6. The van der Waals surface area contributed by atoms with Crippen LogP contribution in [0.5, 0.6) is 0 Å². The van der Waals surface area contributed by atoms with Crippen molar-refractivity contribution in [3.05, 3.63) is 85.1 Å². The SMILES string of the molecule is O=C(Nc1cncc(-c2cnc3[nH]nc(-c4cc5c(-c6ccccc6F)cccc5[nH]4)c3c2)c1)C1CC1. The molecule has 1 amide bonds. The molecule has 4 heterocycles. The Morgan fingerprint density at radius 3 is 2.62 bits per heavy atom. The lowest BCUT2D eigenvalue weighted by molar-refractivity contribution is -0.117. The molecule has 0 spiro atoms. The Labute approximate surface area is 210 Å². The van der Waals surface area contributed by atoms with Crippen LogP contribution in [0.3, 0.4) is 0 Å². The lowest BCUT2D eigenvalue weighted by Crippen LogP contribution is -2.13. The summed E-state index contributed by atoms with van der Waals surface area (Å²) >= 11 is 0. The smallest absolute Gasteiger partial charge is 0.227 e. The highest BCUT2D eigenvalue weighted by Gasteiger charge is 2.29. The summed E-state index contributed by atoms with van der Waals surface area (Å²) in [6, 6.07) is 18.5. The van der Waals surface area contributed by atoms with Crippen LogP contribution in [-0.2, 0) is 4.79 Å². The van der Waals surface area contributed by atoms with E-state index in [-0.39, 0.29) is 17.6 Å². The first-order valence-electron chi connectivity index (χ1n) is 12.1. The number of carbonyl (C=O) groups is 1. The molecule has 0 unspecified atom stereocenters. The van der Waals surface area contributed by atoms with Crippen molar-refractivity contribution in [2.24, 2.45) is 5.92 Å². The molecule has 3 N–H and O–H groups in total. The second-order valence-electron chi connectivity index (χ2n) is 9.35. The van der Waals surface area contributed by atoms with Gasteiger partial charge >= 0.3 is 0 Å². The molecule has 1 aliphatic carbocycles. The number of benzene rings is 2. The van der Waals surface area contributed by atoms with E-state index in [1.165, 1.54) is 6.07 Å². The molecule has 8 heteroatoms. The topological polar surface area (TPSA) is 99.3 Å². The number of rotatable bonds is 5. The van der Waals surface area contributed by atoms with Crippen molar-refractivity contribution in [3.63, 3.8) is 0 Å². The summed E-state index contributed by atoms with van der Waals surface area (Å²) in [5.41, 5.74) is 6.78. The summed E-state index contributed by atoms with van der Waals surface area (Å²) < 4.78 is 14.6. The van der Waals surface area contributed by atoms with E-state index in [0.717, 1.165) is 51.5 Å². The first-order chi connectivity index (χ1) is 18.1. The second kappa shape index (κ2) is 8.37. The van der Waals surface area contributed by atoms with Gasteiger partial charge in [-0.25, -0.2) is 9.37 Å². The summed E-state index contributed by atoms with van der Waals surface area (Å²) in [6.07, 6.45) is 7.04. The van der Waals surface area contributed by atoms with Gasteiger partial charge in [-0.15, -0.1) is 0 Å². The summed E-state index contributed by atoms with van der Waals surface area (Å²) in [5, 5.41) is 12.2. The van der Waals surface area contributed by atoms with E-state index < -0.39 is 0 Å². The van der Waals surface area contributed by atoms with Gasteiger partial charge in [-0.1, -0.05) is 30.3 Å². The van der Waals surface area contributed by atoms with Crippen LogP contribution in [0.25, 0.3) is 55.6 Å². The summed E-state index contributed by atoms with van der Waals surface area (Å²) in [4.78, 5) is 24.5. The molecule has 0 aliphatic heterocycles. The predicted molar refractivity (Wildman–Crippen MR) is 141 cm³/mol. The van der Waals surface area contributed by atoms with Gasteiger partial charge in [-0.2, -0.15) is 5.10 Å². The molecule has 1 fully saturated rings. The molecule has 2 aromatic carbocycles. The number of hydrogen-bond acceptors (Lipinski definition) is 4. The van der Waals surface area contributed by atoms with Gasteiger partial charge in [-0.3, -0.25) is 14.9 Å². The number of amides is 1. The fraction of sp³-hybridized carbons (Fsp3) is 0.103. The molecule has 1 saturated carbocycles. The molecule has 6 aromatic rings. The summed E-state index contributed by atoms with van der Waals surface area (Å²) in [7, 11) is 0. The number of H-pyrrole nitrogens is 2. The van der Waals surface area contributed by atoms with Crippen LogP contribution in [0.2, 0.25) is 0 Å². The second-order valence-corrected chi connectivity index (χ2v) is 9.35. The molecule has 0 radical (unpaired) electrons. The van der Waals surface area contributed by atoms with Crippen molar-refractivity contribution in [3.8, 4) is 33.6 Å². The van der Waals surface area contributed by atoms with E-state index in [1.807, 2.05) is 42.5 Å². The van der Waals surface area contributed by atoms with E-state index in [0.29, 0.717) is 22.6 Å². The molecule has 0 saturated heterocycles. The highest BCUT2D eigenvalue weighted by Crippen LogP contribution is 2.36. The van der Waals surface area contributed by atoms with Crippen LogP contribution in [0.4, 0.5) is 10.1 Å². The number of nitrogens with one attached hydrogen (secondary N) is 3. The molecule has 0 atom stereocenters. The molecule has 4 aromatic heterocycles. The van der Waals surface area contributed by atoms with Crippen molar-refractivity contribution in [2.75, 3.05) is 5.32 Å². The van der Waals surface area contributed by atoms with Crippen molar-refractivity contribution in [2.45, 2.75) is 12.8 Å². The molecule has 0 bridgehead atoms. The molecule has 7 nitrogen and oxygen atoms in total. The minimum Gasteiger partial charge on any atom is -0.353 e. The van der Waals surface area contributed by atoms with Gasteiger partial charge < -0.3 is 10.3 Å². The van der Waals surface area contributed by atoms with Crippen molar-refractivity contribution in [1.82, 2.24) is 25.1 Å². The van der Waals surface area contributed by atoms with Crippen LogP contribution >= 0.6 is 0 Å². The van der Waals surface area contributed by atoms with Gasteiger partial charge in [0.1, 0.15) is 11.5 Å². The van der Waals surface area contributed by atoms with Crippen LogP contribution in [0, 0.1) is 11.7 Å². The van der Waals surface area contributed by atoms with Crippen LogP contribution in [-0.4, -0.2) is 31.1 Å². The van der Waals surface area contributed by atoms with E-state index in [1.54, 1.807) is 30.7 Å². The van der Waals surface area contributed by atoms with Gasteiger partial charge in [-0.05, 0) is 48.7 Å². The van der Waals surface area contributed by atoms with Crippen molar-refractivity contribution < 1.29 is 9.18 Å². The third-order valence-corrected chi connectivity index (χ3v) is 6.79. The summed E-state index contributed by atoms with van der Waals surface area (Å²) in [6.45, 7) is 0. The average molecular weight is 489 g/mol. The minimum atomic E-state index is -0.263. The van der Waals surface area contributed by atoms with Crippen molar-refractivity contribution >= 4 is 33.5 Å². The Balaban J connectivity index is 1.29. The number of pyridine rings is 2. The zero-order valence-corrected chi connectivity index (χ0v) is 19.6. The van der Waals surface area contributed by atoms with Crippen LogP contribution in [0.15, 0.2) is 79.3 Å². The van der Waals surface area contributed by atoms with Crippen LogP contribution in [0.1, 0.15) is 12.8 Å². The molecule has 1 aliphatic rings. The van der Waals surface area contributed by atoms with Gasteiger partial charge in [0.05, 0.1) is 17.6 Å². The van der Waals surface area contributed by atoms with E-state index in [9.17, 15) is 9.18 Å². The Bertz CT molecular complexity index is 1820. The maximum Gasteiger partial charge on any atom is 0.227 e. The predicted octanol–water partition coefficient (Wildman–Crippen LogP) is 6.32. The fourth-order valence-electron chi connectivity index (χ4n) is 4.72. The number of aromatic amines is 2. The highest BCUT2D eigenvalue weighted by molar-refractivity contribution is 6.01. The van der Waals surface area contributed by atoms with Gasteiger partial charge in [0.15, 0.2) is 5.65 Å². The fourth-order valence-corrected chi connectivity index (χ4v) is 4.72. The minimum absolute atomic E-state index is 0.0400. The lowest BCUT2D eigenvalue weighted by atomic mass is 10.0. The van der Waals surface area contributed by atoms with Crippen LogP contribution < -0.4 is 5.32 Å². The number of fused-ring (bicyclic) bond motifs is 2. The highest BCUT2D eigenvalue weighted by atomic mass is 19.1. The first kappa shape index (κ1) is 21.4. The third kappa shape index (κ3) is 3.83. The standard InChI is InChI=1S/C29H21FN6O/c30-24-6-2-1-4-21(24)20-5-3-7-25-22(20)12-26(34-25)27-23-11-18(14-32-28(23)36-35-27)17-10-19(15-31-13-17)33-29(37)16-8-9-16/h1-7,10-16,34H,8-9H2,(H,33,37)(H,32,35,36). The van der Waals surface area contributed by atoms with Crippen molar-refractivity contribution in [1.29, 1.82) is 0 Å². The first-order valence-corrected chi connectivity index (χ1v) is 12.1. The zero-order valence-electron chi connectivity index (χ0n) is 19.6. The lowest BCUT2D eigenvalue weighted by Gasteiger charge is -2.07. The van der Waals surface area contributed by atoms with Gasteiger partial charge in [0.2, 0.25) is 5.91 Å². The monoisotopic (exact) mass is 488 g/mol. The van der Waals surface area contributed by atoms with E-state index in [2.05, 4.69) is 30.5 Å². The normalized spacial score (nSPS) is 13.3. The Morgan fingerprint density at radius 2 is 1.76 bits per heavy atom. The summed E-state index contributed by atoms with van der Waals surface area (Å²) in [5.74, 6) is -0.107. The molecule has 37 heavy (non-hydrogen) atoms. The number of halogens is 1. The molecule has 180 valence electrons. The maximum atomic E-state index is 14.6. The van der Waals surface area contributed by atoms with Gasteiger partial charge in [0, 0.05) is 51.3 Å². The quantitative estimate of drug-likeness (QED) is 0.264.